The zero-order valence-electron chi connectivity index (χ0n) is 14.9. The first kappa shape index (κ1) is 19.1. The summed E-state index contributed by atoms with van der Waals surface area (Å²) in [5, 5.41) is 11.8. The molecule has 0 aliphatic heterocycles. The molecular weight excluding hydrogens is 322 g/mol. The number of hydrogen-bond acceptors (Lipinski definition) is 4. The van der Waals surface area contributed by atoms with Crippen LogP contribution in [0.2, 0.25) is 0 Å². The standard InChI is InChI=1S/C19H27NO5/c1-3-4-9-15(19(22)23)20-18(21)13-10-11-16(17(12-13)24-2)25-14-7-5-6-8-14/h10-12,14-15H,3-9H2,1-2H3,(H,20,21)(H,22,23)/t15-/m0/s1. The second kappa shape index (κ2) is 9.30. The first-order valence-electron chi connectivity index (χ1n) is 8.93. The number of amides is 1. The Morgan fingerprint density at radius 1 is 1.28 bits per heavy atom. The molecule has 1 atom stereocenters. The highest BCUT2D eigenvalue weighted by atomic mass is 16.5. The number of carbonyl (C=O) groups is 2. The van der Waals surface area contributed by atoms with Gasteiger partial charge in [-0.2, -0.15) is 0 Å². The summed E-state index contributed by atoms with van der Waals surface area (Å²) in [7, 11) is 1.53. The molecule has 1 fully saturated rings. The summed E-state index contributed by atoms with van der Waals surface area (Å²) in [5.74, 6) is -0.337. The molecule has 0 spiro atoms. The molecule has 2 N–H and O–H groups in total. The number of nitrogens with one attached hydrogen (secondary N) is 1. The van der Waals surface area contributed by atoms with Crippen LogP contribution in [0.5, 0.6) is 11.5 Å². The van der Waals surface area contributed by atoms with E-state index in [1.807, 2.05) is 6.92 Å². The monoisotopic (exact) mass is 349 g/mol. The minimum absolute atomic E-state index is 0.194. The van der Waals surface area contributed by atoms with Crippen molar-refractivity contribution in [1.29, 1.82) is 0 Å². The third kappa shape index (κ3) is 5.37. The van der Waals surface area contributed by atoms with E-state index in [1.165, 1.54) is 20.0 Å². The number of hydrogen-bond donors (Lipinski definition) is 2. The summed E-state index contributed by atoms with van der Waals surface area (Å²) in [6.07, 6.45) is 6.63. The van der Waals surface area contributed by atoms with Gasteiger partial charge in [-0.15, -0.1) is 0 Å². The number of benzene rings is 1. The predicted octanol–water partition coefficient (Wildman–Crippen LogP) is 3.39. The smallest absolute Gasteiger partial charge is 0.326 e. The molecule has 0 unspecified atom stereocenters. The first-order valence-corrected chi connectivity index (χ1v) is 8.93. The minimum Gasteiger partial charge on any atom is -0.493 e. The van der Waals surface area contributed by atoms with Gasteiger partial charge >= 0.3 is 5.97 Å². The predicted molar refractivity (Wildman–Crippen MR) is 94.3 cm³/mol. The summed E-state index contributed by atoms with van der Waals surface area (Å²) in [6.45, 7) is 1.98. The molecule has 6 nitrogen and oxygen atoms in total. The van der Waals surface area contributed by atoms with E-state index in [9.17, 15) is 14.7 Å². The molecule has 2 rings (SSSR count). The highest BCUT2D eigenvalue weighted by molar-refractivity contribution is 5.97. The minimum atomic E-state index is -1.02. The van der Waals surface area contributed by atoms with E-state index < -0.39 is 17.9 Å². The van der Waals surface area contributed by atoms with Crippen LogP contribution in [0.1, 0.15) is 62.2 Å². The van der Waals surface area contributed by atoms with Gasteiger partial charge in [0.2, 0.25) is 0 Å². The van der Waals surface area contributed by atoms with Gasteiger partial charge in [0.1, 0.15) is 6.04 Å². The lowest BCUT2D eigenvalue weighted by Crippen LogP contribution is -2.40. The third-order valence-corrected chi connectivity index (χ3v) is 4.47. The highest BCUT2D eigenvalue weighted by Crippen LogP contribution is 2.32. The van der Waals surface area contributed by atoms with Gasteiger partial charge < -0.3 is 19.9 Å². The Morgan fingerprint density at radius 2 is 2.00 bits per heavy atom. The average molecular weight is 349 g/mol. The van der Waals surface area contributed by atoms with E-state index in [4.69, 9.17) is 9.47 Å². The average Bonchev–Trinajstić information content (AvgIpc) is 3.11. The molecule has 1 aliphatic carbocycles. The summed E-state index contributed by atoms with van der Waals surface area (Å²) >= 11 is 0. The lowest BCUT2D eigenvalue weighted by molar-refractivity contribution is -0.139. The highest BCUT2D eigenvalue weighted by Gasteiger charge is 2.22. The van der Waals surface area contributed by atoms with Gasteiger partial charge in [0.25, 0.3) is 5.91 Å². The summed E-state index contributed by atoms with van der Waals surface area (Å²) < 4.78 is 11.3. The van der Waals surface area contributed by atoms with Crippen LogP contribution >= 0.6 is 0 Å². The second-order valence-corrected chi connectivity index (χ2v) is 6.40. The Balaban J connectivity index is 2.07. The van der Waals surface area contributed by atoms with Crippen LogP contribution in [0.3, 0.4) is 0 Å². The van der Waals surface area contributed by atoms with Gasteiger partial charge in [-0.05, 0) is 50.3 Å². The van der Waals surface area contributed by atoms with Crippen molar-refractivity contribution in [2.24, 2.45) is 0 Å². The van der Waals surface area contributed by atoms with Gasteiger partial charge in [-0.25, -0.2) is 4.79 Å². The molecular formula is C19H27NO5. The lowest BCUT2D eigenvalue weighted by Gasteiger charge is -2.17. The molecule has 25 heavy (non-hydrogen) atoms. The molecule has 6 heteroatoms. The lowest BCUT2D eigenvalue weighted by atomic mass is 10.1. The van der Waals surface area contributed by atoms with Crippen LogP contribution in [0.4, 0.5) is 0 Å². The fourth-order valence-electron chi connectivity index (χ4n) is 3.00. The molecule has 0 saturated heterocycles. The molecule has 138 valence electrons. The largest absolute Gasteiger partial charge is 0.493 e. The number of methoxy groups -OCH3 is 1. The fraction of sp³-hybridized carbons (Fsp3) is 0.579. The maximum Gasteiger partial charge on any atom is 0.326 e. The van der Waals surface area contributed by atoms with E-state index in [1.54, 1.807) is 18.2 Å². The van der Waals surface area contributed by atoms with Crippen LogP contribution in [-0.4, -0.2) is 36.2 Å². The number of carboxylic acids is 1. The molecule has 0 radical (unpaired) electrons. The van der Waals surface area contributed by atoms with Crippen LogP contribution < -0.4 is 14.8 Å². The van der Waals surface area contributed by atoms with Crippen molar-refractivity contribution in [2.75, 3.05) is 7.11 Å². The molecule has 1 aliphatic rings. The summed E-state index contributed by atoms with van der Waals surface area (Å²) in [4.78, 5) is 23.7. The Bertz CT molecular complexity index is 595. The van der Waals surface area contributed by atoms with E-state index >= 15 is 0 Å². The SMILES string of the molecule is CCCC[C@H](NC(=O)c1ccc(OC2CCCC2)c(OC)c1)C(=O)O. The van der Waals surface area contributed by atoms with Crippen molar-refractivity contribution >= 4 is 11.9 Å². The normalized spacial score (nSPS) is 15.6. The zero-order chi connectivity index (χ0) is 18.2. The molecule has 0 heterocycles. The molecule has 0 aromatic heterocycles. The number of unbranched alkanes of at least 4 members (excludes halogenated alkanes) is 1. The molecule has 0 bridgehead atoms. The molecule has 1 saturated carbocycles. The Labute approximate surface area is 148 Å². The van der Waals surface area contributed by atoms with Gasteiger partial charge in [-0.3, -0.25) is 4.79 Å². The quantitative estimate of drug-likeness (QED) is 0.714. The van der Waals surface area contributed by atoms with E-state index in [-0.39, 0.29) is 6.10 Å². The van der Waals surface area contributed by atoms with E-state index in [2.05, 4.69) is 5.32 Å². The van der Waals surface area contributed by atoms with E-state index in [0.717, 1.165) is 25.7 Å². The van der Waals surface area contributed by atoms with Gasteiger partial charge in [0.05, 0.1) is 13.2 Å². The van der Waals surface area contributed by atoms with Gasteiger partial charge in [0.15, 0.2) is 11.5 Å². The van der Waals surface area contributed by atoms with Crippen LogP contribution in [0.15, 0.2) is 18.2 Å². The fourth-order valence-corrected chi connectivity index (χ4v) is 3.00. The van der Waals surface area contributed by atoms with E-state index in [0.29, 0.717) is 23.5 Å². The number of aliphatic carboxylic acids is 1. The Kier molecular flexibility index (Phi) is 7.10. The second-order valence-electron chi connectivity index (χ2n) is 6.40. The summed E-state index contributed by atoms with van der Waals surface area (Å²) in [6, 6.07) is 4.07. The molecule has 1 amide bonds. The maximum absolute atomic E-state index is 12.4. The number of carboxylic acid groups (broad SMARTS) is 1. The number of ether oxygens (including phenoxy) is 2. The Morgan fingerprint density at radius 3 is 2.60 bits per heavy atom. The van der Waals surface area contributed by atoms with Gasteiger partial charge in [0, 0.05) is 5.56 Å². The van der Waals surface area contributed by atoms with Crippen LogP contribution in [0, 0.1) is 0 Å². The first-order chi connectivity index (χ1) is 12.0. The van der Waals surface area contributed by atoms with Crippen LogP contribution in [-0.2, 0) is 4.79 Å². The van der Waals surface area contributed by atoms with Crippen molar-refractivity contribution in [3.8, 4) is 11.5 Å². The van der Waals surface area contributed by atoms with Crippen molar-refractivity contribution in [2.45, 2.75) is 64.0 Å². The topological polar surface area (TPSA) is 84.9 Å². The third-order valence-electron chi connectivity index (χ3n) is 4.47. The number of carbonyl (C=O) groups excluding carboxylic acids is 1. The van der Waals surface area contributed by atoms with Crippen molar-refractivity contribution in [3.05, 3.63) is 23.8 Å². The Hall–Kier alpha value is -2.24. The van der Waals surface area contributed by atoms with Crippen molar-refractivity contribution in [1.82, 2.24) is 5.32 Å². The number of rotatable bonds is 9. The maximum atomic E-state index is 12.4. The summed E-state index contributed by atoms with van der Waals surface area (Å²) in [5.41, 5.74) is 0.360. The molecule has 1 aromatic rings. The van der Waals surface area contributed by atoms with Gasteiger partial charge in [-0.1, -0.05) is 19.8 Å². The zero-order valence-corrected chi connectivity index (χ0v) is 14.9. The van der Waals surface area contributed by atoms with Crippen LogP contribution in [0.25, 0.3) is 0 Å². The molecule has 1 aromatic carbocycles. The van der Waals surface area contributed by atoms with Crippen molar-refractivity contribution in [3.63, 3.8) is 0 Å². The van der Waals surface area contributed by atoms with Crippen molar-refractivity contribution < 1.29 is 24.2 Å².